The number of allylic oxidation sites excluding steroid dienone is 1. The van der Waals surface area contributed by atoms with Crippen molar-refractivity contribution in [3.63, 3.8) is 0 Å². The third kappa shape index (κ3) is 4.64. The summed E-state index contributed by atoms with van der Waals surface area (Å²) in [5, 5.41) is 18.7. The Bertz CT molecular complexity index is 1310. The number of aryl methyl sites for hydroxylation is 1. The lowest BCUT2D eigenvalue weighted by molar-refractivity contribution is 0.474. The smallest absolute Gasteiger partial charge is 0.212 e. The van der Waals surface area contributed by atoms with Crippen molar-refractivity contribution in [3.05, 3.63) is 65.9 Å². The van der Waals surface area contributed by atoms with E-state index in [2.05, 4.69) is 31.1 Å². The molecule has 2 aliphatic rings. The van der Waals surface area contributed by atoms with Crippen molar-refractivity contribution in [2.24, 2.45) is 17.8 Å². The number of halogens is 1. The van der Waals surface area contributed by atoms with Crippen molar-refractivity contribution in [2.45, 2.75) is 37.6 Å². The molecule has 2 aromatic heterocycles. The Morgan fingerprint density at radius 3 is 2.60 bits per heavy atom. The monoisotopic (exact) mass is 470 g/mol. The van der Waals surface area contributed by atoms with E-state index in [9.17, 15) is 9.65 Å². The van der Waals surface area contributed by atoms with Gasteiger partial charge in [0, 0.05) is 66.9 Å². The zero-order chi connectivity index (χ0) is 24.4. The predicted octanol–water partition coefficient (Wildman–Crippen LogP) is 3.80. The molecule has 1 saturated carbocycles. The fraction of sp³-hybridized carbons (Fsp3) is 0.346. The Balaban J connectivity index is 1.55. The van der Waals surface area contributed by atoms with Crippen molar-refractivity contribution < 1.29 is 4.39 Å². The van der Waals surface area contributed by atoms with E-state index >= 15 is 0 Å². The Labute approximate surface area is 203 Å². The minimum Gasteiger partial charge on any atom is -0.404 e. The molecule has 1 aliphatic carbocycles. The molecule has 2 N–H and O–H groups in total. The van der Waals surface area contributed by atoms with E-state index in [4.69, 9.17) is 5.73 Å². The number of nitriles is 1. The second-order valence-electron chi connectivity index (χ2n) is 9.06. The van der Waals surface area contributed by atoms with Gasteiger partial charge in [-0.15, -0.1) is 10.2 Å². The molecule has 8 nitrogen and oxygen atoms in total. The molecule has 3 heterocycles. The third-order valence-corrected chi connectivity index (χ3v) is 6.71. The van der Waals surface area contributed by atoms with Gasteiger partial charge in [0.15, 0.2) is 0 Å². The van der Waals surface area contributed by atoms with Crippen LogP contribution in [0.25, 0.3) is 16.7 Å². The van der Waals surface area contributed by atoms with E-state index in [-0.39, 0.29) is 0 Å². The first-order chi connectivity index (χ1) is 17.1. The largest absolute Gasteiger partial charge is 0.404 e. The Morgan fingerprint density at radius 1 is 1.20 bits per heavy atom. The van der Waals surface area contributed by atoms with E-state index in [1.54, 1.807) is 18.6 Å². The quantitative estimate of drug-likeness (QED) is 0.433. The summed E-state index contributed by atoms with van der Waals surface area (Å²) in [7, 11) is 1.96. The summed E-state index contributed by atoms with van der Waals surface area (Å²) in [6, 6.07) is 9.67. The molecule has 9 heteroatoms. The van der Waals surface area contributed by atoms with Crippen LogP contribution in [-0.4, -0.2) is 45.1 Å². The molecule has 1 aliphatic heterocycles. The second-order valence-corrected chi connectivity index (χ2v) is 9.06. The van der Waals surface area contributed by atoms with E-state index in [1.165, 1.54) is 18.5 Å². The maximum absolute atomic E-state index is 13.6. The standard InChI is InChI=1S/C26H27FN8/c1-34-16-32-33-26(34)17-8-10-35(11-9-17)25-22(18-2-7-24(27)31-14-18)6-5-21(23(25)13-29)19(12-28)15-30-20-3-4-20/h2,5-7,12,14-17,20H,3-4,8-11,28H2,1H3. The predicted molar refractivity (Wildman–Crippen MR) is 133 cm³/mol. The van der Waals surface area contributed by atoms with Crippen LogP contribution in [0.2, 0.25) is 0 Å². The van der Waals surface area contributed by atoms with Crippen molar-refractivity contribution >= 4 is 17.5 Å². The van der Waals surface area contributed by atoms with E-state index in [1.807, 2.05) is 23.7 Å². The van der Waals surface area contributed by atoms with Crippen molar-refractivity contribution in [1.29, 1.82) is 5.26 Å². The van der Waals surface area contributed by atoms with Gasteiger partial charge in [-0.2, -0.15) is 9.65 Å². The molecule has 0 bridgehead atoms. The van der Waals surface area contributed by atoms with E-state index in [0.29, 0.717) is 23.1 Å². The number of benzene rings is 1. The molecule has 178 valence electrons. The number of anilines is 1. The van der Waals surface area contributed by atoms with Crippen LogP contribution in [0.4, 0.5) is 10.1 Å². The number of nitrogens with zero attached hydrogens (tertiary/aromatic N) is 7. The highest BCUT2D eigenvalue weighted by Crippen LogP contribution is 2.40. The van der Waals surface area contributed by atoms with Crippen LogP contribution in [0.1, 0.15) is 48.6 Å². The summed E-state index contributed by atoms with van der Waals surface area (Å²) in [6.45, 7) is 1.49. The number of hydrogen-bond acceptors (Lipinski definition) is 7. The lowest BCUT2D eigenvalue weighted by Crippen LogP contribution is -2.34. The Morgan fingerprint density at radius 2 is 2.00 bits per heavy atom. The molecular weight excluding hydrogens is 443 g/mol. The van der Waals surface area contributed by atoms with E-state index in [0.717, 1.165) is 67.0 Å². The Kier molecular flexibility index (Phi) is 6.27. The summed E-state index contributed by atoms with van der Waals surface area (Å²) < 4.78 is 15.5. The molecule has 35 heavy (non-hydrogen) atoms. The fourth-order valence-electron chi connectivity index (χ4n) is 4.68. The van der Waals surface area contributed by atoms with Crippen molar-refractivity contribution in [2.75, 3.05) is 18.0 Å². The average Bonchev–Trinajstić information content (AvgIpc) is 3.62. The van der Waals surface area contributed by atoms with Crippen molar-refractivity contribution in [1.82, 2.24) is 19.7 Å². The molecule has 2 fully saturated rings. The molecule has 3 aromatic rings. The number of aromatic nitrogens is 4. The minimum atomic E-state index is -0.540. The van der Waals surface area contributed by atoms with E-state index < -0.39 is 5.95 Å². The maximum Gasteiger partial charge on any atom is 0.212 e. The summed E-state index contributed by atoms with van der Waals surface area (Å²) in [4.78, 5) is 10.7. The number of pyridine rings is 1. The number of rotatable bonds is 6. The van der Waals surface area contributed by atoms with Crippen LogP contribution in [0.3, 0.4) is 0 Å². The highest BCUT2D eigenvalue weighted by molar-refractivity contribution is 6.11. The van der Waals surface area contributed by atoms with Gasteiger partial charge in [-0.1, -0.05) is 12.1 Å². The Hall–Kier alpha value is -4.06. The van der Waals surface area contributed by atoms with Gasteiger partial charge >= 0.3 is 0 Å². The first kappa shape index (κ1) is 22.7. The summed E-state index contributed by atoms with van der Waals surface area (Å²) in [5.74, 6) is 0.738. The van der Waals surface area contributed by atoms with Gasteiger partial charge in [-0.05, 0) is 37.8 Å². The summed E-state index contributed by atoms with van der Waals surface area (Å²) >= 11 is 0. The minimum absolute atomic E-state index is 0.300. The van der Waals surface area contributed by atoms with Gasteiger partial charge in [-0.25, -0.2) is 4.98 Å². The SMILES string of the molecule is Cn1cnnc1C1CCN(c2c(-c3ccc(F)nc3)ccc(C(C=NC3CC3)=CN)c2C#N)CC1. The number of hydrogen-bond donors (Lipinski definition) is 1. The molecule has 1 saturated heterocycles. The molecule has 0 radical (unpaired) electrons. The maximum atomic E-state index is 13.6. The fourth-order valence-corrected chi connectivity index (χ4v) is 4.68. The van der Waals surface area contributed by atoms with Gasteiger partial charge in [-0.3, -0.25) is 4.99 Å². The molecule has 0 spiro atoms. The molecule has 0 atom stereocenters. The second kappa shape index (κ2) is 9.66. The number of piperidine rings is 1. The van der Waals surface area contributed by atoms with Gasteiger partial charge in [0.25, 0.3) is 0 Å². The van der Waals surface area contributed by atoms with Crippen LogP contribution >= 0.6 is 0 Å². The normalized spacial score (nSPS) is 17.2. The van der Waals surface area contributed by atoms with Crippen LogP contribution in [0.15, 0.2) is 48.0 Å². The average molecular weight is 471 g/mol. The lowest BCUT2D eigenvalue weighted by Gasteiger charge is -2.35. The zero-order valence-corrected chi connectivity index (χ0v) is 19.6. The molecule has 5 rings (SSSR count). The van der Waals surface area contributed by atoms with Crippen LogP contribution in [-0.2, 0) is 7.05 Å². The molecular formula is C26H27FN8. The first-order valence-corrected chi connectivity index (χ1v) is 11.8. The van der Waals surface area contributed by atoms with Gasteiger partial charge in [0.05, 0.1) is 17.3 Å². The van der Waals surface area contributed by atoms with Gasteiger partial charge < -0.3 is 15.2 Å². The molecule has 0 unspecified atom stereocenters. The third-order valence-electron chi connectivity index (χ3n) is 6.71. The topological polar surface area (TPSA) is 109 Å². The summed E-state index contributed by atoms with van der Waals surface area (Å²) in [5.41, 5.74) is 10.4. The highest BCUT2D eigenvalue weighted by Gasteiger charge is 2.28. The van der Waals surface area contributed by atoms with Crippen molar-refractivity contribution in [3.8, 4) is 17.2 Å². The summed E-state index contributed by atoms with van der Waals surface area (Å²) in [6.07, 6.45) is 10.4. The molecule has 0 amide bonds. The number of nitrogens with two attached hydrogens (primary N) is 1. The first-order valence-electron chi connectivity index (χ1n) is 11.8. The number of aliphatic imine (C=N–C) groups is 1. The zero-order valence-electron chi connectivity index (χ0n) is 19.6. The van der Waals surface area contributed by atoms with Crippen LogP contribution in [0.5, 0.6) is 0 Å². The van der Waals surface area contributed by atoms with Gasteiger partial charge in [0.1, 0.15) is 18.2 Å². The molecule has 1 aromatic carbocycles. The lowest BCUT2D eigenvalue weighted by atomic mass is 9.90. The van der Waals surface area contributed by atoms with Crippen LogP contribution in [0, 0.1) is 17.3 Å². The van der Waals surface area contributed by atoms with Crippen LogP contribution < -0.4 is 10.6 Å². The highest BCUT2D eigenvalue weighted by atomic mass is 19.1. The van der Waals surface area contributed by atoms with Gasteiger partial charge in [0.2, 0.25) is 5.95 Å².